The highest BCUT2D eigenvalue weighted by molar-refractivity contribution is 6.30. The predicted molar refractivity (Wildman–Crippen MR) is 68.3 cm³/mol. The topological polar surface area (TPSA) is 61.1 Å². The maximum atomic E-state index is 11.3. The van der Waals surface area contributed by atoms with E-state index < -0.39 is 17.3 Å². The van der Waals surface area contributed by atoms with Crippen LogP contribution in [0.1, 0.15) is 31.2 Å². The fourth-order valence-electron chi connectivity index (χ4n) is 2.95. The van der Waals surface area contributed by atoms with E-state index >= 15 is 0 Å². The Morgan fingerprint density at radius 2 is 1.89 bits per heavy atom. The number of hydrogen-bond donors (Lipinski definition) is 1. The van der Waals surface area contributed by atoms with Gasteiger partial charge in [0.05, 0.1) is 6.07 Å². The molecule has 0 heterocycles. The number of halogens is 1. The monoisotopic (exact) mass is 263 g/mol. The first-order valence-electron chi connectivity index (χ1n) is 5.98. The SMILES string of the molecule is N#CC(C(=O)O)C1(c2ccc(Cl)cc2)CCCC1. The Morgan fingerprint density at radius 3 is 2.33 bits per heavy atom. The van der Waals surface area contributed by atoms with Gasteiger partial charge >= 0.3 is 5.97 Å². The second-order valence-corrected chi connectivity index (χ2v) is 5.21. The zero-order valence-electron chi connectivity index (χ0n) is 9.90. The molecule has 1 atom stereocenters. The van der Waals surface area contributed by atoms with Crippen molar-refractivity contribution < 1.29 is 9.90 Å². The van der Waals surface area contributed by atoms with E-state index in [2.05, 4.69) is 0 Å². The van der Waals surface area contributed by atoms with Gasteiger partial charge in [-0.1, -0.05) is 36.6 Å². The molecule has 2 rings (SSSR count). The van der Waals surface area contributed by atoms with E-state index in [4.69, 9.17) is 11.6 Å². The second kappa shape index (κ2) is 4.99. The largest absolute Gasteiger partial charge is 0.480 e. The molecule has 94 valence electrons. The minimum Gasteiger partial charge on any atom is -0.480 e. The molecule has 0 aromatic heterocycles. The van der Waals surface area contributed by atoms with Crippen molar-refractivity contribution in [1.29, 1.82) is 5.26 Å². The molecule has 0 bridgehead atoms. The summed E-state index contributed by atoms with van der Waals surface area (Å²) in [4.78, 5) is 11.3. The second-order valence-electron chi connectivity index (χ2n) is 4.77. The van der Waals surface area contributed by atoms with Gasteiger partial charge in [0.25, 0.3) is 0 Å². The zero-order chi connectivity index (χ0) is 13.2. The van der Waals surface area contributed by atoms with Gasteiger partial charge in [0, 0.05) is 10.4 Å². The zero-order valence-corrected chi connectivity index (χ0v) is 10.7. The normalized spacial score (nSPS) is 19.1. The Kier molecular flexibility index (Phi) is 3.58. The van der Waals surface area contributed by atoms with E-state index in [0.29, 0.717) is 5.02 Å². The van der Waals surface area contributed by atoms with Crippen LogP contribution in [-0.2, 0) is 10.2 Å². The van der Waals surface area contributed by atoms with Crippen LogP contribution in [0.5, 0.6) is 0 Å². The van der Waals surface area contributed by atoms with Crippen LogP contribution in [0.3, 0.4) is 0 Å². The molecule has 4 heteroatoms. The van der Waals surface area contributed by atoms with E-state index in [0.717, 1.165) is 31.2 Å². The van der Waals surface area contributed by atoms with Crippen LogP contribution in [0.25, 0.3) is 0 Å². The van der Waals surface area contributed by atoms with Crippen LogP contribution in [0.15, 0.2) is 24.3 Å². The smallest absolute Gasteiger partial charge is 0.321 e. The molecule has 1 aromatic rings. The molecule has 0 aliphatic heterocycles. The van der Waals surface area contributed by atoms with Gasteiger partial charge < -0.3 is 5.11 Å². The molecular weight excluding hydrogens is 250 g/mol. The van der Waals surface area contributed by atoms with E-state index in [1.807, 2.05) is 18.2 Å². The van der Waals surface area contributed by atoms with Gasteiger partial charge in [0.15, 0.2) is 5.92 Å². The van der Waals surface area contributed by atoms with Crippen molar-refractivity contribution in [3.63, 3.8) is 0 Å². The first kappa shape index (κ1) is 12.9. The number of rotatable bonds is 3. The Labute approximate surface area is 111 Å². The highest BCUT2D eigenvalue weighted by Crippen LogP contribution is 2.46. The molecule has 18 heavy (non-hydrogen) atoms. The fraction of sp³-hybridized carbons (Fsp3) is 0.429. The van der Waals surface area contributed by atoms with E-state index in [9.17, 15) is 15.2 Å². The Hall–Kier alpha value is -1.53. The minimum atomic E-state index is -1.03. The van der Waals surface area contributed by atoms with Gasteiger partial charge in [0.2, 0.25) is 0 Å². The van der Waals surface area contributed by atoms with Gasteiger partial charge in [-0.2, -0.15) is 5.26 Å². The van der Waals surface area contributed by atoms with Gasteiger partial charge in [-0.3, -0.25) is 4.79 Å². The quantitative estimate of drug-likeness (QED) is 0.909. The van der Waals surface area contributed by atoms with Crippen LogP contribution >= 0.6 is 11.6 Å². The molecule has 0 spiro atoms. The number of carboxylic acids is 1. The third kappa shape index (κ3) is 2.09. The van der Waals surface area contributed by atoms with Crippen molar-refractivity contribution in [2.24, 2.45) is 5.92 Å². The van der Waals surface area contributed by atoms with Crippen molar-refractivity contribution in [3.05, 3.63) is 34.9 Å². The van der Waals surface area contributed by atoms with Gasteiger partial charge in [-0.05, 0) is 30.5 Å². The lowest BCUT2D eigenvalue weighted by Crippen LogP contribution is -2.36. The molecule has 1 fully saturated rings. The molecule has 1 aliphatic carbocycles. The highest BCUT2D eigenvalue weighted by Gasteiger charge is 2.46. The number of carboxylic acid groups (broad SMARTS) is 1. The molecule has 0 radical (unpaired) electrons. The van der Waals surface area contributed by atoms with E-state index in [-0.39, 0.29) is 0 Å². The maximum Gasteiger partial charge on any atom is 0.321 e. The standard InChI is InChI=1S/C14H14ClNO2/c15-11-5-3-10(4-6-11)14(7-1-2-8-14)12(9-16)13(17)18/h3-6,12H,1-2,7-8H2,(H,17,18). The van der Waals surface area contributed by atoms with Crippen LogP contribution in [0, 0.1) is 17.2 Å². The fourth-order valence-corrected chi connectivity index (χ4v) is 3.07. The summed E-state index contributed by atoms with van der Waals surface area (Å²) in [6.45, 7) is 0. The average molecular weight is 264 g/mol. The summed E-state index contributed by atoms with van der Waals surface area (Å²) in [7, 11) is 0. The average Bonchev–Trinajstić information content (AvgIpc) is 2.80. The molecule has 1 N–H and O–H groups in total. The van der Waals surface area contributed by atoms with Crippen LogP contribution in [0.2, 0.25) is 5.02 Å². The first-order valence-corrected chi connectivity index (χ1v) is 6.36. The maximum absolute atomic E-state index is 11.3. The van der Waals surface area contributed by atoms with Crippen molar-refractivity contribution in [3.8, 4) is 6.07 Å². The predicted octanol–water partition coefficient (Wildman–Crippen LogP) is 3.38. The van der Waals surface area contributed by atoms with Crippen molar-refractivity contribution in [1.82, 2.24) is 0 Å². The third-order valence-corrected chi connectivity index (χ3v) is 4.10. The Balaban J connectivity index is 2.47. The van der Waals surface area contributed by atoms with Gasteiger partial charge in [-0.15, -0.1) is 0 Å². The summed E-state index contributed by atoms with van der Waals surface area (Å²) in [5.74, 6) is -2.02. The van der Waals surface area contributed by atoms with Crippen LogP contribution < -0.4 is 0 Å². The lowest BCUT2D eigenvalue weighted by atomic mass is 9.69. The van der Waals surface area contributed by atoms with Crippen LogP contribution in [-0.4, -0.2) is 11.1 Å². The van der Waals surface area contributed by atoms with Crippen LogP contribution in [0.4, 0.5) is 0 Å². The molecule has 1 saturated carbocycles. The Morgan fingerprint density at radius 1 is 1.33 bits per heavy atom. The Bertz CT molecular complexity index is 484. The summed E-state index contributed by atoms with van der Waals surface area (Å²) in [6, 6.07) is 9.18. The summed E-state index contributed by atoms with van der Waals surface area (Å²) >= 11 is 5.86. The molecule has 1 aliphatic rings. The molecule has 1 aromatic carbocycles. The van der Waals surface area contributed by atoms with E-state index in [1.165, 1.54) is 0 Å². The summed E-state index contributed by atoms with van der Waals surface area (Å²) < 4.78 is 0. The lowest BCUT2D eigenvalue weighted by molar-refractivity contribution is -0.142. The number of benzene rings is 1. The molecular formula is C14H14ClNO2. The van der Waals surface area contributed by atoms with E-state index in [1.54, 1.807) is 12.1 Å². The summed E-state index contributed by atoms with van der Waals surface area (Å²) in [6.07, 6.45) is 3.43. The first-order chi connectivity index (χ1) is 8.60. The van der Waals surface area contributed by atoms with Gasteiger partial charge in [-0.25, -0.2) is 0 Å². The molecule has 1 unspecified atom stereocenters. The third-order valence-electron chi connectivity index (χ3n) is 3.84. The van der Waals surface area contributed by atoms with Crippen molar-refractivity contribution in [2.75, 3.05) is 0 Å². The highest BCUT2D eigenvalue weighted by atomic mass is 35.5. The summed E-state index contributed by atoms with van der Waals surface area (Å²) in [5, 5.41) is 19.1. The number of hydrogen-bond acceptors (Lipinski definition) is 2. The molecule has 0 amide bonds. The number of nitrogens with zero attached hydrogens (tertiary/aromatic N) is 1. The summed E-state index contributed by atoms with van der Waals surface area (Å²) in [5.41, 5.74) is 0.365. The lowest BCUT2D eigenvalue weighted by Gasteiger charge is -2.31. The number of aliphatic carboxylic acids is 1. The minimum absolute atomic E-state index is 0.550. The number of carbonyl (C=O) groups is 1. The molecule has 0 saturated heterocycles. The molecule has 3 nitrogen and oxygen atoms in total. The van der Waals surface area contributed by atoms with Crippen molar-refractivity contribution >= 4 is 17.6 Å². The van der Waals surface area contributed by atoms with Gasteiger partial charge in [0.1, 0.15) is 0 Å². The number of nitriles is 1. The van der Waals surface area contributed by atoms with Crippen molar-refractivity contribution in [2.45, 2.75) is 31.1 Å².